The molecule has 0 aromatic heterocycles. The molecular formula is C18H18O5. The van der Waals surface area contributed by atoms with Crippen LogP contribution in [0.3, 0.4) is 0 Å². The van der Waals surface area contributed by atoms with Crippen molar-refractivity contribution >= 4 is 11.5 Å². The minimum absolute atomic E-state index is 0.216. The van der Waals surface area contributed by atoms with Gasteiger partial charge in [-0.2, -0.15) is 4.89 Å². The van der Waals surface area contributed by atoms with Gasteiger partial charge in [0.2, 0.25) is 5.79 Å². The summed E-state index contributed by atoms with van der Waals surface area (Å²) in [6.45, 7) is 0. The zero-order chi connectivity index (χ0) is 16.7. The van der Waals surface area contributed by atoms with Crippen LogP contribution in [0.25, 0.3) is 5.57 Å². The summed E-state index contributed by atoms with van der Waals surface area (Å²) >= 11 is 0. The summed E-state index contributed by atoms with van der Waals surface area (Å²) in [5.74, 6) is -2.19. The van der Waals surface area contributed by atoms with Gasteiger partial charge in [-0.1, -0.05) is 60.7 Å². The molecule has 23 heavy (non-hydrogen) atoms. The number of ether oxygens (including phenoxy) is 2. The van der Waals surface area contributed by atoms with Crippen molar-refractivity contribution in [1.82, 2.24) is 0 Å². The third-order valence-corrected chi connectivity index (χ3v) is 3.44. The second-order valence-electron chi connectivity index (χ2n) is 4.74. The second kappa shape index (κ2) is 7.69. The fourth-order valence-electron chi connectivity index (χ4n) is 2.22. The number of benzene rings is 2. The minimum atomic E-state index is -1.62. The molecule has 1 atom stereocenters. The highest BCUT2D eigenvalue weighted by atomic mass is 17.1. The predicted molar refractivity (Wildman–Crippen MR) is 85.3 cm³/mol. The van der Waals surface area contributed by atoms with E-state index in [1.807, 2.05) is 12.1 Å². The molecule has 0 radical (unpaired) electrons. The van der Waals surface area contributed by atoms with Crippen molar-refractivity contribution in [2.45, 2.75) is 5.79 Å². The Bertz CT molecular complexity index is 660. The molecule has 0 aliphatic rings. The van der Waals surface area contributed by atoms with E-state index in [0.29, 0.717) is 11.1 Å². The van der Waals surface area contributed by atoms with E-state index in [1.165, 1.54) is 20.3 Å². The number of carbonyl (C=O) groups excluding carboxylic acids is 1. The maximum atomic E-state index is 12.2. The van der Waals surface area contributed by atoms with Gasteiger partial charge in [-0.15, -0.1) is 0 Å². The van der Waals surface area contributed by atoms with Gasteiger partial charge in [-0.05, 0) is 11.6 Å². The van der Waals surface area contributed by atoms with Crippen LogP contribution in [0.4, 0.5) is 0 Å². The van der Waals surface area contributed by atoms with Gasteiger partial charge in [0.1, 0.15) is 0 Å². The molecule has 2 rings (SSSR count). The summed E-state index contributed by atoms with van der Waals surface area (Å²) in [4.78, 5) is 16.8. The summed E-state index contributed by atoms with van der Waals surface area (Å²) < 4.78 is 10.2. The van der Waals surface area contributed by atoms with Crippen molar-refractivity contribution in [2.75, 3.05) is 14.2 Å². The fourth-order valence-corrected chi connectivity index (χ4v) is 2.22. The normalized spacial score (nSPS) is 14.1. The first-order valence-corrected chi connectivity index (χ1v) is 6.96. The SMILES string of the molecule is COC(=O)/C(=C\C(OC)(OO)c1ccccc1)c1ccccc1. The zero-order valence-electron chi connectivity index (χ0n) is 12.9. The lowest BCUT2D eigenvalue weighted by Crippen LogP contribution is -2.29. The molecule has 0 fully saturated rings. The van der Waals surface area contributed by atoms with Crippen LogP contribution >= 0.6 is 0 Å². The molecule has 1 N–H and O–H groups in total. The van der Waals surface area contributed by atoms with Gasteiger partial charge in [-0.3, -0.25) is 0 Å². The van der Waals surface area contributed by atoms with Gasteiger partial charge in [-0.25, -0.2) is 10.1 Å². The molecule has 0 bridgehead atoms. The summed E-state index contributed by atoms with van der Waals surface area (Å²) in [6.07, 6.45) is 1.39. The highest BCUT2D eigenvalue weighted by Gasteiger charge is 2.34. The number of carbonyl (C=O) groups is 1. The third kappa shape index (κ3) is 3.65. The van der Waals surface area contributed by atoms with E-state index < -0.39 is 11.8 Å². The fraction of sp³-hybridized carbons (Fsp3) is 0.167. The van der Waals surface area contributed by atoms with Crippen LogP contribution in [0.1, 0.15) is 11.1 Å². The first kappa shape index (κ1) is 16.9. The monoisotopic (exact) mass is 314 g/mol. The average Bonchev–Trinajstić information content (AvgIpc) is 2.64. The Morgan fingerprint density at radius 3 is 2.04 bits per heavy atom. The lowest BCUT2D eigenvalue weighted by Gasteiger charge is -2.26. The summed E-state index contributed by atoms with van der Waals surface area (Å²) in [5.41, 5.74) is 1.36. The lowest BCUT2D eigenvalue weighted by atomic mass is 9.98. The van der Waals surface area contributed by atoms with Crippen LogP contribution in [0.2, 0.25) is 0 Å². The number of hydrogen-bond donors (Lipinski definition) is 1. The minimum Gasteiger partial charge on any atom is -0.465 e. The van der Waals surface area contributed by atoms with Crippen LogP contribution < -0.4 is 0 Å². The van der Waals surface area contributed by atoms with Crippen molar-refractivity contribution in [3.8, 4) is 0 Å². The van der Waals surface area contributed by atoms with Gasteiger partial charge in [0.15, 0.2) is 0 Å². The first-order valence-electron chi connectivity index (χ1n) is 6.96. The molecule has 0 amide bonds. The molecular weight excluding hydrogens is 296 g/mol. The van der Waals surface area contributed by atoms with Crippen LogP contribution in [0, 0.1) is 0 Å². The van der Waals surface area contributed by atoms with Crippen molar-refractivity contribution in [1.29, 1.82) is 0 Å². The molecule has 120 valence electrons. The van der Waals surface area contributed by atoms with E-state index in [0.717, 1.165) is 0 Å². The zero-order valence-corrected chi connectivity index (χ0v) is 12.9. The van der Waals surface area contributed by atoms with E-state index >= 15 is 0 Å². The van der Waals surface area contributed by atoms with Crippen LogP contribution in [-0.2, 0) is 24.9 Å². The molecule has 0 aliphatic heterocycles. The standard InChI is InChI=1S/C18H18O5/c1-21-17(19)16(14-9-5-3-6-10-14)13-18(22-2,23-20)15-11-7-4-8-12-15/h3-13,20H,1-2H3/b16-13-. The Morgan fingerprint density at radius 2 is 1.57 bits per heavy atom. The Kier molecular flexibility index (Phi) is 5.65. The Morgan fingerprint density at radius 1 is 1.00 bits per heavy atom. The van der Waals surface area contributed by atoms with Crippen LogP contribution in [-0.4, -0.2) is 25.4 Å². The van der Waals surface area contributed by atoms with Crippen molar-refractivity contribution in [2.24, 2.45) is 0 Å². The summed E-state index contributed by atoms with van der Waals surface area (Å²) in [5, 5.41) is 9.46. The highest BCUT2D eigenvalue weighted by molar-refractivity contribution is 6.16. The molecule has 5 heteroatoms. The Hall–Kier alpha value is -2.47. The molecule has 0 aliphatic carbocycles. The largest absolute Gasteiger partial charge is 0.465 e. The number of rotatable bonds is 6. The molecule has 0 saturated carbocycles. The molecule has 5 nitrogen and oxygen atoms in total. The van der Waals surface area contributed by atoms with E-state index in [2.05, 4.69) is 4.89 Å². The maximum absolute atomic E-state index is 12.2. The topological polar surface area (TPSA) is 65.0 Å². The first-order chi connectivity index (χ1) is 11.2. The van der Waals surface area contributed by atoms with Crippen LogP contribution in [0.5, 0.6) is 0 Å². The Balaban J connectivity index is 2.60. The lowest BCUT2D eigenvalue weighted by molar-refractivity contribution is -0.386. The van der Waals surface area contributed by atoms with Gasteiger partial charge in [0, 0.05) is 12.7 Å². The van der Waals surface area contributed by atoms with E-state index in [4.69, 9.17) is 9.47 Å². The molecule has 0 saturated heterocycles. The highest BCUT2D eigenvalue weighted by Crippen LogP contribution is 2.31. The molecule has 2 aromatic carbocycles. The average molecular weight is 314 g/mol. The van der Waals surface area contributed by atoms with Crippen molar-refractivity contribution in [3.63, 3.8) is 0 Å². The van der Waals surface area contributed by atoms with Crippen LogP contribution in [0.15, 0.2) is 66.7 Å². The van der Waals surface area contributed by atoms with Crippen molar-refractivity contribution in [3.05, 3.63) is 77.9 Å². The smallest absolute Gasteiger partial charge is 0.338 e. The Labute approximate surface area is 134 Å². The quantitative estimate of drug-likeness (QED) is 0.291. The number of esters is 1. The molecule has 0 heterocycles. The van der Waals surface area contributed by atoms with Crippen molar-refractivity contribution < 1.29 is 24.4 Å². The predicted octanol–water partition coefficient (Wildman–Crippen LogP) is 3.23. The summed E-state index contributed by atoms with van der Waals surface area (Å²) in [6, 6.07) is 17.7. The second-order valence-corrected chi connectivity index (χ2v) is 4.74. The number of hydrogen-bond acceptors (Lipinski definition) is 5. The van der Waals surface area contributed by atoms with Gasteiger partial charge < -0.3 is 9.47 Å². The molecule has 1 unspecified atom stereocenters. The summed E-state index contributed by atoms with van der Waals surface area (Å²) in [7, 11) is 2.66. The van der Waals surface area contributed by atoms with Gasteiger partial charge in [0.25, 0.3) is 0 Å². The van der Waals surface area contributed by atoms with E-state index in [9.17, 15) is 10.1 Å². The van der Waals surface area contributed by atoms with Gasteiger partial charge >= 0.3 is 5.97 Å². The maximum Gasteiger partial charge on any atom is 0.338 e. The van der Waals surface area contributed by atoms with E-state index in [1.54, 1.807) is 48.5 Å². The van der Waals surface area contributed by atoms with Gasteiger partial charge in [0.05, 0.1) is 12.7 Å². The number of methoxy groups -OCH3 is 2. The third-order valence-electron chi connectivity index (χ3n) is 3.44. The van der Waals surface area contributed by atoms with E-state index in [-0.39, 0.29) is 5.57 Å². The molecule has 0 spiro atoms. The molecule has 2 aromatic rings.